The van der Waals surface area contributed by atoms with Crippen molar-refractivity contribution < 1.29 is 37.1 Å². The van der Waals surface area contributed by atoms with Gasteiger partial charge in [-0.1, -0.05) is 43.2 Å². The fourth-order valence-electron chi connectivity index (χ4n) is 8.98. The summed E-state index contributed by atoms with van der Waals surface area (Å²) in [6.45, 7) is 0.0122. The van der Waals surface area contributed by atoms with E-state index in [1.807, 2.05) is 42.5 Å². The van der Waals surface area contributed by atoms with Crippen LogP contribution >= 0.6 is 11.3 Å². The van der Waals surface area contributed by atoms with Gasteiger partial charge in [-0.3, -0.25) is 19.1 Å². The standard InChI is InChI=1S/C42H50N6O8S2/c49-37-34-21-27(55-38-36(30-22-29(30)35-17-10-20-57-35)43-31-14-8-9-15-32(31)44-38)24-48(34)39(50)33(45-41(52)56-26-12-6-7-13-26)16-5-3-1-2-4-11-25-23-42(25,46-37)40(51)47-58(53,54)28-18-19-28/h4,8-11,14-15,17,20,25-30,33-34H,1-3,5-7,12-13,16,18-19,21-24H2,(H,45,52)(H,46,49)(H,47,51)/b11-4+/t25?,27-,29?,30?,33-,34+,42-/m1/s1. The zero-order valence-electron chi connectivity index (χ0n) is 32.3. The average Bonchev–Trinajstić information content (AvgIpc) is 4.16. The number of fused-ring (bicyclic) bond motifs is 3. The van der Waals surface area contributed by atoms with E-state index in [1.165, 1.54) is 9.78 Å². The van der Waals surface area contributed by atoms with E-state index in [2.05, 4.69) is 26.8 Å². The van der Waals surface area contributed by atoms with E-state index in [4.69, 9.17) is 19.4 Å². The van der Waals surface area contributed by atoms with Crippen LogP contribution < -0.4 is 20.1 Å². The lowest BCUT2D eigenvalue weighted by atomic mass is 10.0. The van der Waals surface area contributed by atoms with Crippen molar-refractivity contribution in [3.63, 3.8) is 0 Å². The van der Waals surface area contributed by atoms with Crippen LogP contribution in [0.4, 0.5) is 4.79 Å². The van der Waals surface area contributed by atoms with Crippen LogP contribution in [0.1, 0.15) is 112 Å². The maximum atomic E-state index is 14.7. The van der Waals surface area contributed by atoms with Gasteiger partial charge in [0.2, 0.25) is 27.7 Å². The number of carbonyl (C=O) groups excluding carboxylic acids is 4. The number of benzene rings is 1. The Hall–Kier alpha value is -4.57. The summed E-state index contributed by atoms with van der Waals surface area (Å²) >= 11 is 1.71. The number of rotatable bonds is 9. The van der Waals surface area contributed by atoms with Gasteiger partial charge < -0.3 is 25.0 Å². The van der Waals surface area contributed by atoms with E-state index in [1.54, 1.807) is 11.3 Å². The van der Waals surface area contributed by atoms with Crippen molar-refractivity contribution in [3.05, 3.63) is 64.5 Å². The molecule has 0 radical (unpaired) electrons. The van der Waals surface area contributed by atoms with E-state index < -0.39 is 68.7 Å². The van der Waals surface area contributed by atoms with Gasteiger partial charge in [-0.05, 0) is 94.2 Å². The number of sulfonamides is 1. The molecular weight excluding hydrogens is 781 g/mol. The van der Waals surface area contributed by atoms with Crippen molar-refractivity contribution in [1.82, 2.24) is 30.2 Å². The Morgan fingerprint density at radius 1 is 0.897 bits per heavy atom. The monoisotopic (exact) mass is 830 g/mol. The fraction of sp³-hybridized carbons (Fsp3) is 0.571. The summed E-state index contributed by atoms with van der Waals surface area (Å²) in [5, 5.41) is 7.21. The molecule has 2 aliphatic heterocycles. The van der Waals surface area contributed by atoms with Crippen LogP contribution in [-0.4, -0.2) is 88.7 Å². The van der Waals surface area contributed by atoms with Gasteiger partial charge >= 0.3 is 6.09 Å². The first-order valence-electron chi connectivity index (χ1n) is 20.9. The number of hydrogen-bond acceptors (Lipinski definition) is 11. The summed E-state index contributed by atoms with van der Waals surface area (Å²) in [5.74, 6) is -1.51. The van der Waals surface area contributed by atoms with Gasteiger partial charge in [-0.15, -0.1) is 11.3 Å². The van der Waals surface area contributed by atoms with E-state index in [-0.39, 0.29) is 37.3 Å². The molecule has 58 heavy (non-hydrogen) atoms. The number of ether oxygens (including phenoxy) is 2. The van der Waals surface area contributed by atoms with Crippen molar-refractivity contribution in [2.75, 3.05) is 6.54 Å². The van der Waals surface area contributed by atoms with Gasteiger partial charge in [0.15, 0.2) is 0 Å². The SMILES string of the molecule is O=C(N[C@@H]1CCCCC/C=C/C2C[C@@]2(C(=O)NS(=O)(=O)C2CC2)NC(=O)[C@@H]2C[C@@H](Oc3nc4ccccc4nc3C3CC3c3cccs3)CN2C1=O)OC1CCCC1. The second-order valence-electron chi connectivity index (χ2n) is 16.9. The van der Waals surface area contributed by atoms with Crippen LogP contribution in [0.2, 0.25) is 0 Å². The molecule has 16 heteroatoms. The Morgan fingerprint density at radius 3 is 2.43 bits per heavy atom. The largest absolute Gasteiger partial charge is 0.471 e. The summed E-state index contributed by atoms with van der Waals surface area (Å²) in [6.07, 6.45) is 11.3. The Balaban J connectivity index is 1.02. The highest BCUT2D eigenvalue weighted by Gasteiger charge is 2.62. The van der Waals surface area contributed by atoms with Crippen molar-refractivity contribution in [1.29, 1.82) is 0 Å². The smallest absolute Gasteiger partial charge is 0.408 e. The van der Waals surface area contributed by atoms with E-state index in [9.17, 15) is 27.6 Å². The Morgan fingerprint density at radius 2 is 1.67 bits per heavy atom. The topological polar surface area (TPSA) is 186 Å². The molecule has 4 saturated carbocycles. The van der Waals surface area contributed by atoms with Gasteiger partial charge in [-0.25, -0.2) is 23.2 Å². The number of hydrogen-bond donors (Lipinski definition) is 3. The minimum atomic E-state index is -3.89. The molecular formula is C42H50N6O8S2. The highest BCUT2D eigenvalue weighted by Crippen LogP contribution is 2.57. The molecule has 0 spiro atoms. The predicted molar refractivity (Wildman–Crippen MR) is 215 cm³/mol. The highest BCUT2D eigenvalue weighted by molar-refractivity contribution is 7.91. The first-order valence-corrected chi connectivity index (χ1v) is 23.3. The number of nitrogens with one attached hydrogen (secondary N) is 3. The van der Waals surface area contributed by atoms with Crippen LogP contribution in [0, 0.1) is 5.92 Å². The third kappa shape index (κ3) is 8.18. The summed E-state index contributed by atoms with van der Waals surface area (Å²) in [5.41, 5.74) is 0.634. The molecule has 7 atom stereocenters. The van der Waals surface area contributed by atoms with Gasteiger partial charge in [0.1, 0.15) is 35.5 Å². The molecule has 1 aromatic carbocycles. The van der Waals surface area contributed by atoms with Crippen LogP contribution in [0.5, 0.6) is 5.88 Å². The molecule has 4 heterocycles. The van der Waals surface area contributed by atoms with Gasteiger partial charge in [0.05, 0.1) is 22.8 Å². The molecule has 3 N–H and O–H groups in total. The van der Waals surface area contributed by atoms with Gasteiger partial charge in [0, 0.05) is 29.1 Å². The predicted octanol–water partition coefficient (Wildman–Crippen LogP) is 5.35. The number of thiophene rings is 1. The summed E-state index contributed by atoms with van der Waals surface area (Å²) in [4.78, 5) is 69.0. The van der Waals surface area contributed by atoms with Crippen LogP contribution in [0.25, 0.3) is 11.0 Å². The maximum absolute atomic E-state index is 14.7. The lowest BCUT2D eigenvalue weighted by Gasteiger charge is -2.30. The maximum Gasteiger partial charge on any atom is 0.408 e. The van der Waals surface area contributed by atoms with Crippen molar-refractivity contribution >= 4 is 56.2 Å². The second kappa shape index (κ2) is 15.9. The molecule has 4 amide bonds. The average molecular weight is 831 g/mol. The number of amides is 4. The molecule has 1 saturated heterocycles. The molecule has 3 aromatic rings. The number of allylic oxidation sites excluding steroid dienone is 1. The van der Waals surface area contributed by atoms with E-state index in [0.717, 1.165) is 56.2 Å². The zero-order chi connectivity index (χ0) is 40.0. The van der Waals surface area contributed by atoms with Crippen molar-refractivity contribution in [3.8, 4) is 5.88 Å². The number of carbonyl (C=O) groups is 4. The molecule has 0 bridgehead atoms. The summed E-state index contributed by atoms with van der Waals surface area (Å²) in [6, 6.07) is 9.69. The lowest BCUT2D eigenvalue weighted by molar-refractivity contribution is -0.141. The van der Waals surface area contributed by atoms with Crippen molar-refractivity contribution in [2.24, 2.45) is 5.92 Å². The van der Waals surface area contributed by atoms with Crippen LogP contribution in [0.15, 0.2) is 53.9 Å². The Bertz CT molecular complexity index is 2210. The zero-order valence-corrected chi connectivity index (χ0v) is 34.0. The number of para-hydroxylation sites is 2. The first kappa shape index (κ1) is 38.9. The molecule has 2 aromatic heterocycles. The molecule has 308 valence electrons. The summed E-state index contributed by atoms with van der Waals surface area (Å²) < 4.78 is 40.5. The lowest BCUT2D eigenvalue weighted by Crippen LogP contribution is -2.58. The third-order valence-corrected chi connectivity index (χ3v) is 15.4. The van der Waals surface area contributed by atoms with E-state index >= 15 is 0 Å². The highest BCUT2D eigenvalue weighted by atomic mass is 32.2. The molecule has 9 rings (SSSR count). The normalized spacial score (nSPS) is 30.9. The quantitative estimate of drug-likeness (QED) is 0.238. The molecule has 3 unspecified atom stereocenters. The minimum absolute atomic E-state index is 0.0122. The molecule has 14 nitrogen and oxygen atoms in total. The number of alkyl carbamates (subject to hydrolysis) is 1. The molecule has 4 aliphatic carbocycles. The van der Waals surface area contributed by atoms with Crippen molar-refractivity contribution in [2.45, 2.75) is 137 Å². The van der Waals surface area contributed by atoms with Gasteiger partial charge in [0.25, 0.3) is 5.91 Å². The van der Waals surface area contributed by atoms with E-state index in [0.29, 0.717) is 43.5 Å². The van der Waals surface area contributed by atoms with Gasteiger partial charge in [-0.2, -0.15) is 0 Å². The molecule has 5 fully saturated rings. The Kier molecular flexibility index (Phi) is 10.7. The van der Waals surface area contributed by atoms with Crippen LogP contribution in [0.3, 0.4) is 0 Å². The van der Waals surface area contributed by atoms with Crippen LogP contribution in [-0.2, 0) is 29.1 Å². The Labute approximate surface area is 342 Å². The second-order valence-corrected chi connectivity index (χ2v) is 19.8. The minimum Gasteiger partial charge on any atom is -0.471 e. The number of nitrogens with zero attached hydrogens (tertiary/aromatic N) is 3. The first-order chi connectivity index (χ1) is 28.1. The third-order valence-electron chi connectivity index (χ3n) is 12.6. The number of aromatic nitrogens is 2. The summed E-state index contributed by atoms with van der Waals surface area (Å²) in [7, 11) is -3.89. The fourth-order valence-corrected chi connectivity index (χ4v) is 11.2. The molecule has 6 aliphatic rings.